The Bertz CT molecular complexity index is 1050. The van der Waals surface area contributed by atoms with Gasteiger partial charge >= 0.3 is 5.97 Å². The maximum Gasteiger partial charge on any atom is 0.337 e. The van der Waals surface area contributed by atoms with Gasteiger partial charge in [0.15, 0.2) is 0 Å². The van der Waals surface area contributed by atoms with Gasteiger partial charge in [0.05, 0.1) is 24.8 Å². The molecule has 0 saturated carbocycles. The van der Waals surface area contributed by atoms with E-state index < -0.39 is 41.1 Å². The minimum Gasteiger partial charge on any atom is -0.465 e. The number of hydrogen-bond donors (Lipinski definition) is 0. The fourth-order valence-electron chi connectivity index (χ4n) is 3.69. The molecule has 3 rings (SSSR count). The number of carbonyl (C=O) groups excluding carboxylic acids is 4. The van der Waals surface area contributed by atoms with Gasteiger partial charge in [-0.1, -0.05) is 6.92 Å². The van der Waals surface area contributed by atoms with Crippen molar-refractivity contribution < 1.29 is 28.3 Å². The SMILES string of the molecule is CCC(C)(C)N(C(=O)c1ccc(F)cc1)C1CC(=O)N(c2ccc(C(=O)OC)cc2)C1=O. The molecule has 2 aromatic rings. The van der Waals surface area contributed by atoms with Crippen LogP contribution < -0.4 is 4.90 Å². The third kappa shape index (κ3) is 4.26. The van der Waals surface area contributed by atoms with E-state index in [2.05, 4.69) is 4.74 Å². The fraction of sp³-hybridized carbons (Fsp3) is 0.333. The number of nitrogens with zero attached hydrogens (tertiary/aromatic N) is 2. The van der Waals surface area contributed by atoms with Crippen LogP contribution in [0.1, 0.15) is 54.3 Å². The second kappa shape index (κ2) is 8.90. The van der Waals surface area contributed by atoms with Crippen LogP contribution in [0.2, 0.25) is 0 Å². The van der Waals surface area contributed by atoms with E-state index in [0.29, 0.717) is 12.1 Å². The molecular formula is C24H25FN2O5. The van der Waals surface area contributed by atoms with Gasteiger partial charge in [-0.25, -0.2) is 14.1 Å². The Morgan fingerprint density at radius 3 is 2.16 bits per heavy atom. The first-order valence-electron chi connectivity index (χ1n) is 10.2. The van der Waals surface area contributed by atoms with Gasteiger partial charge in [-0.2, -0.15) is 0 Å². The Morgan fingerprint density at radius 2 is 1.62 bits per heavy atom. The van der Waals surface area contributed by atoms with Gasteiger partial charge in [0, 0.05) is 11.1 Å². The van der Waals surface area contributed by atoms with Gasteiger partial charge in [0.25, 0.3) is 11.8 Å². The predicted molar refractivity (Wildman–Crippen MR) is 116 cm³/mol. The molecule has 7 nitrogen and oxygen atoms in total. The fourth-order valence-corrected chi connectivity index (χ4v) is 3.69. The summed E-state index contributed by atoms with van der Waals surface area (Å²) in [5.74, 6) is -2.44. The second-order valence-electron chi connectivity index (χ2n) is 8.17. The first-order valence-corrected chi connectivity index (χ1v) is 10.2. The van der Waals surface area contributed by atoms with Crippen LogP contribution in [0.5, 0.6) is 0 Å². The Hall–Kier alpha value is -3.55. The maximum atomic E-state index is 13.4. The molecule has 0 N–H and O–H groups in total. The summed E-state index contributed by atoms with van der Waals surface area (Å²) >= 11 is 0. The zero-order chi connectivity index (χ0) is 23.6. The van der Waals surface area contributed by atoms with Crippen molar-refractivity contribution in [1.82, 2.24) is 4.90 Å². The van der Waals surface area contributed by atoms with Crippen molar-refractivity contribution in [2.45, 2.75) is 45.2 Å². The van der Waals surface area contributed by atoms with E-state index in [4.69, 9.17) is 0 Å². The number of imide groups is 1. The predicted octanol–water partition coefficient (Wildman–Crippen LogP) is 3.58. The van der Waals surface area contributed by atoms with E-state index in [1.807, 2.05) is 20.8 Å². The number of carbonyl (C=O) groups is 4. The van der Waals surface area contributed by atoms with Crippen molar-refractivity contribution in [2.75, 3.05) is 12.0 Å². The summed E-state index contributed by atoms with van der Waals surface area (Å²) in [7, 11) is 1.26. The molecule has 168 valence electrons. The van der Waals surface area contributed by atoms with Crippen molar-refractivity contribution in [1.29, 1.82) is 0 Å². The number of halogens is 1. The van der Waals surface area contributed by atoms with Gasteiger partial charge in [-0.15, -0.1) is 0 Å². The lowest BCUT2D eigenvalue weighted by Gasteiger charge is -2.41. The van der Waals surface area contributed by atoms with Crippen LogP contribution in [0.4, 0.5) is 10.1 Å². The number of rotatable bonds is 6. The number of hydrogen-bond acceptors (Lipinski definition) is 5. The molecule has 8 heteroatoms. The molecule has 0 aliphatic carbocycles. The number of esters is 1. The zero-order valence-electron chi connectivity index (χ0n) is 18.4. The first kappa shape index (κ1) is 23.1. The van der Waals surface area contributed by atoms with Crippen LogP contribution in [-0.2, 0) is 14.3 Å². The summed E-state index contributed by atoms with van der Waals surface area (Å²) in [6.07, 6.45) is 0.361. The number of benzene rings is 2. The highest BCUT2D eigenvalue weighted by Crippen LogP contribution is 2.32. The van der Waals surface area contributed by atoms with Crippen LogP contribution in [-0.4, -0.2) is 47.3 Å². The average molecular weight is 440 g/mol. The second-order valence-corrected chi connectivity index (χ2v) is 8.17. The Kier molecular flexibility index (Phi) is 6.43. The highest BCUT2D eigenvalue weighted by molar-refractivity contribution is 6.23. The van der Waals surface area contributed by atoms with E-state index in [-0.39, 0.29) is 17.5 Å². The third-order valence-electron chi connectivity index (χ3n) is 5.81. The molecule has 1 aliphatic heterocycles. The van der Waals surface area contributed by atoms with Crippen molar-refractivity contribution in [3.8, 4) is 0 Å². The monoisotopic (exact) mass is 440 g/mol. The molecule has 0 radical (unpaired) electrons. The molecule has 1 saturated heterocycles. The smallest absolute Gasteiger partial charge is 0.337 e. The van der Waals surface area contributed by atoms with Crippen LogP contribution in [0.25, 0.3) is 0 Å². The Balaban J connectivity index is 1.95. The molecule has 0 aromatic heterocycles. The summed E-state index contributed by atoms with van der Waals surface area (Å²) in [4.78, 5) is 53.6. The minimum absolute atomic E-state index is 0.173. The van der Waals surface area contributed by atoms with Gasteiger partial charge < -0.3 is 9.64 Å². The molecule has 1 heterocycles. The highest BCUT2D eigenvalue weighted by Gasteiger charge is 2.48. The number of methoxy groups -OCH3 is 1. The summed E-state index contributed by atoms with van der Waals surface area (Å²) in [6.45, 7) is 5.52. The van der Waals surface area contributed by atoms with Gasteiger partial charge in [0.1, 0.15) is 11.9 Å². The third-order valence-corrected chi connectivity index (χ3v) is 5.81. The lowest BCUT2D eigenvalue weighted by atomic mass is 9.94. The van der Waals surface area contributed by atoms with Crippen molar-refractivity contribution in [3.63, 3.8) is 0 Å². The molecule has 1 fully saturated rings. The van der Waals surface area contributed by atoms with Gasteiger partial charge in [-0.05, 0) is 68.8 Å². The summed E-state index contributed by atoms with van der Waals surface area (Å²) < 4.78 is 18.0. The van der Waals surface area contributed by atoms with Crippen molar-refractivity contribution in [3.05, 3.63) is 65.5 Å². The molecule has 0 spiro atoms. The van der Waals surface area contributed by atoms with E-state index in [0.717, 1.165) is 4.90 Å². The molecular weight excluding hydrogens is 415 g/mol. The number of anilines is 1. The van der Waals surface area contributed by atoms with E-state index >= 15 is 0 Å². The minimum atomic E-state index is -1.00. The van der Waals surface area contributed by atoms with Crippen LogP contribution >= 0.6 is 0 Å². The molecule has 1 unspecified atom stereocenters. The maximum absolute atomic E-state index is 13.4. The van der Waals surface area contributed by atoms with Crippen LogP contribution in [0.15, 0.2) is 48.5 Å². The van der Waals surface area contributed by atoms with Crippen molar-refractivity contribution in [2.24, 2.45) is 0 Å². The zero-order valence-corrected chi connectivity index (χ0v) is 18.4. The number of amides is 3. The first-order chi connectivity index (χ1) is 15.1. The van der Waals surface area contributed by atoms with E-state index in [1.54, 1.807) is 0 Å². The largest absolute Gasteiger partial charge is 0.465 e. The molecule has 3 amide bonds. The van der Waals surface area contributed by atoms with Crippen molar-refractivity contribution >= 4 is 29.4 Å². The molecule has 1 aliphatic rings. The van der Waals surface area contributed by atoms with E-state index in [9.17, 15) is 23.6 Å². The molecule has 32 heavy (non-hydrogen) atoms. The van der Waals surface area contributed by atoms with E-state index in [1.165, 1.54) is 60.5 Å². The Morgan fingerprint density at radius 1 is 1.06 bits per heavy atom. The summed E-state index contributed by atoms with van der Waals surface area (Å²) in [6, 6.07) is 9.99. The average Bonchev–Trinajstić information content (AvgIpc) is 3.07. The normalized spacial score (nSPS) is 16.3. The highest BCUT2D eigenvalue weighted by atomic mass is 19.1. The molecule has 2 aromatic carbocycles. The van der Waals surface area contributed by atoms with Gasteiger partial charge in [-0.3, -0.25) is 14.4 Å². The Labute approximate surface area is 185 Å². The van der Waals surface area contributed by atoms with Crippen LogP contribution in [0.3, 0.4) is 0 Å². The lowest BCUT2D eigenvalue weighted by Crippen LogP contribution is -2.55. The summed E-state index contributed by atoms with van der Waals surface area (Å²) in [5, 5.41) is 0. The van der Waals surface area contributed by atoms with Gasteiger partial charge in [0.2, 0.25) is 5.91 Å². The summed E-state index contributed by atoms with van der Waals surface area (Å²) in [5.41, 5.74) is 0.0800. The molecule has 0 bridgehead atoms. The molecule has 1 atom stereocenters. The van der Waals surface area contributed by atoms with Crippen LogP contribution in [0, 0.1) is 5.82 Å². The lowest BCUT2D eigenvalue weighted by molar-refractivity contribution is -0.123. The topological polar surface area (TPSA) is 84.0 Å². The number of ether oxygens (including phenoxy) is 1. The quantitative estimate of drug-likeness (QED) is 0.507. The standard InChI is InChI=1S/C24H25FN2O5/c1-5-24(2,3)27(21(29)15-6-10-17(25)11-7-15)19-14-20(28)26(22(19)30)18-12-8-16(9-13-18)23(31)32-4/h6-13,19H,5,14H2,1-4H3.